The van der Waals surface area contributed by atoms with Crippen molar-refractivity contribution in [1.82, 2.24) is 0 Å². The van der Waals surface area contributed by atoms with Crippen LogP contribution in [-0.4, -0.2) is 11.6 Å². The summed E-state index contributed by atoms with van der Waals surface area (Å²) >= 11 is 0. The van der Waals surface area contributed by atoms with Crippen LogP contribution in [0.1, 0.15) is 99.3 Å². The molecule has 0 amide bonds. The van der Waals surface area contributed by atoms with Crippen LogP contribution < -0.4 is 0 Å². The molecule has 0 spiro atoms. The summed E-state index contributed by atoms with van der Waals surface area (Å²) in [6.07, 6.45) is 9.04. The molecule has 0 saturated heterocycles. The van der Waals surface area contributed by atoms with Gasteiger partial charge in [0, 0.05) is 6.42 Å². The minimum Gasteiger partial charge on any atom is -0.269 e. The number of unbranched alkanes of at least 4 members (excludes halogenated alkanes) is 4. The highest BCUT2D eigenvalue weighted by Gasteiger charge is 2.20. The molecule has 0 bridgehead atoms. The van der Waals surface area contributed by atoms with Gasteiger partial charge in [-0.2, -0.15) is 4.89 Å². The van der Waals surface area contributed by atoms with E-state index in [1.165, 1.54) is 25.7 Å². The molecule has 0 heterocycles. The number of carbonyl (C=O) groups excluding carboxylic acids is 1. The molecule has 0 aliphatic carbocycles. The van der Waals surface area contributed by atoms with Gasteiger partial charge in [-0.25, -0.2) is 4.79 Å². The Bertz CT molecular complexity index is 292. The first kappa shape index (κ1) is 21.4. The molecule has 0 fully saturated rings. The van der Waals surface area contributed by atoms with E-state index in [0.29, 0.717) is 11.8 Å². The van der Waals surface area contributed by atoms with Gasteiger partial charge in [0.1, 0.15) is 5.60 Å². The van der Waals surface area contributed by atoms with E-state index in [4.69, 9.17) is 4.89 Å². The summed E-state index contributed by atoms with van der Waals surface area (Å²) in [6.45, 7) is 12.7. The maximum Gasteiger partial charge on any atom is 0.345 e. The van der Waals surface area contributed by atoms with E-state index in [0.717, 1.165) is 25.7 Å². The fraction of sp³-hybridized carbons (Fsp3) is 0.944. The molecule has 0 aliphatic heterocycles. The quantitative estimate of drug-likeness (QED) is 0.261. The van der Waals surface area contributed by atoms with Crippen molar-refractivity contribution in [2.75, 3.05) is 0 Å². The Labute approximate surface area is 136 Å². The van der Waals surface area contributed by atoms with Crippen molar-refractivity contribution in [3.8, 4) is 0 Å². The van der Waals surface area contributed by atoms with Crippen LogP contribution >= 0.6 is 0 Å². The number of rotatable bonds is 12. The smallest absolute Gasteiger partial charge is 0.269 e. The Morgan fingerprint density at radius 1 is 0.864 bits per heavy atom. The second kappa shape index (κ2) is 11.0. The first-order valence-corrected chi connectivity index (χ1v) is 8.71. The normalized spacial score (nSPS) is 12.5. The third-order valence-electron chi connectivity index (χ3n) is 3.55. The van der Waals surface area contributed by atoms with E-state index < -0.39 is 5.60 Å². The molecule has 0 unspecified atom stereocenters. The standard InChI is InChI=1S/C18H36O4/c1-7-14-18(5,6)21-22-20-16(19)13-11-9-8-10-12-15-17(2,3)4/h7-15H2,1-6H3. The lowest BCUT2D eigenvalue weighted by atomic mass is 9.89. The predicted molar refractivity (Wildman–Crippen MR) is 89.0 cm³/mol. The Kier molecular flexibility index (Phi) is 10.7. The van der Waals surface area contributed by atoms with Crippen molar-refractivity contribution in [3.05, 3.63) is 0 Å². The minimum absolute atomic E-state index is 0.359. The molecule has 4 nitrogen and oxygen atoms in total. The molecule has 0 aromatic rings. The molecule has 0 aromatic carbocycles. The third-order valence-corrected chi connectivity index (χ3v) is 3.55. The van der Waals surface area contributed by atoms with Gasteiger partial charge in [0.2, 0.25) is 0 Å². The van der Waals surface area contributed by atoms with E-state index in [1.807, 2.05) is 13.8 Å². The van der Waals surface area contributed by atoms with Crippen LogP contribution in [0.3, 0.4) is 0 Å². The van der Waals surface area contributed by atoms with Gasteiger partial charge in [0.05, 0.1) is 0 Å². The van der Waals surface area contributed by atoms with Crippen LogP contribution in [0.15, 0.2) is 0 Å². The zero-order valence-electron chi connectivity index (χ0n) is 15.5. The van der Waals surface area contributed by atoms with Crippen LogP contribution in [0, 0.1) is 5.41 Å². The number of hydrogen-bond donors (Lipinski definition) is 0. The summed E-state index contributed by atoms with van der Waals surface area (Å²) in [7, 11) is 0. The zero-order chi connectivity index (χ0) is 17.1. The topological polar surface area (TPSA) is 44.8 Å². The Morgan fingerprint density at radius 3 is 2.05 bits per heavy atom. The average molecular weight is 316 g/mol. The van der Waals surface area contributed by atoms with E-state index in [-0.39, 0.29) is 5.97 Å². The van der Waals surface area contributed by atoms with Crippen molar-refractivity contribution in [1.29, 1.82) is 0 Å². The van der Waals surface area contributed by atoms with E-state index in [1.54, 1.807) is 0 Å². The summed E-state index contributed by atoms with van der Waals surface area (Å²) in [4.78, 5) is 21.2. The largest absolute Gasteiger partial charge is 0.345 e. The third kappa shape index (κ3) is 14.3. The lowest BCUT2D eigenvalue weighted by Crippen LogP contribution is -2.25. The molecular formula is C18H36O4. The predicted octanol–water partition coefficient (Wildman–Crippen LogP) is 5.75. The van der Waals surface area contributed by atoms with E-state index >= 15 is 0 Å². The van der Waals surface area contributed by atoms with Crippen molar-refractivity contribution in [2.24, 2.45) is 5.41 Å². The van der Waals surface area contributed by atoms with Gasteiger partial charge in [0.25, 0.3) is 0 Å². The van der Waals surface area contributed by atoms with Crippen LogP contribution in [0.4, 0.5) is 0 Å². The summed E-state index contributed by atoms with van der Waals surface area (Å²) < 4.78 is 0. The van der Waals surface area contributed by atoms with Crippen molar-refractivity contribution in [2.45, 2.75) is 105 Å². The lowest BCUT2D eigenvalue weighted by molar-refractivity contribution is -0.517. The monoisotopic (exact) mass is 316 g/mol. The van der Waals surface area contributed by atoms with Gasteiger partial charge in [-0.3, -0.25) is 4.89 Å². The van der Waals surface area contributed by atoms with Crippen molar-refractivity contribution >= 4 is 5.97 Å². The molecule has 22 heavy (non-hydrogen) atoms. The Hall–Kier alpha value is -0.610. The SMILES string of the molecule is CCCC(C)(C)OOOC(=O)CCCCCCCC(C)(C)C. The zero-order valence-corrected chi connectivity index (χ0v) is 15.5. The summed E-state index contributed by atoms with van der Waals surface area (Å²) in [5, 5.41) is 4.60. The highest BCUT2D eigenvalue weighted by Crippen LogP contribution is 2.22. The van der Waals surface area contributed by atoms with Gasteiger partial charge < -0.3 is 0 Å². The van der Waals surface area contributed by atoms with Gasteiger partial charge in [-0.05, 0) is 43.6 Å². The molecule has 0 saturated carbocycles. The van der Waals surface area contributed by atoms with Crippen LogP contribution in [0.25, 0.3) is 0 Å². The summed E-state index contributed by atoms with van der Waals surface area (Å²) in [6, 6.07) is 0. The summed E-state index contributed by atoms with van der Waals surface area (Å²) in [5.74, 6) is -0.359. The molecule has 0 rings (SSSR count). The molecule has 0 aromatic heterocycles. The second-order valence-electron chi connectivity index (χ2n) is 7.94. The number of hydrogen-bond acceptors (Lipinski definition) is 4. The van der Waals surface area contributed by atoms with E-state index in [9.17, 15) is 4.79 Å². The molecule has 0 radical (unpaired) electrons. The second-order valence-corrected chi connectivity index (χ2v) is 7.94. The van der Waals surface area contributed by atoms with E-state index in [2.05, 4.69) is 37.6 Å². The van der Waals surface area contributed by atoms with Crippen molar-refractivity contribution in [3.63, 3.8) is 0 Å². The molecule has 0 atom stereocenters. The lowest BCUT2D eigenvalue weighted by Gasteiger charge is -2.20. The Morgan fingerprint density at radius 2 is 1.45 bits per heavy atom. The number of carbonyl (C=O) groups is 1. The van der Waals surface area contributed by atoms with Crippen LogP contribution in [-0.2, 0) is 19.6 Å². The van der Waals surface area contributed by atoms with Gasteiger partial charge in [0.15, 0.2) is 0 Å². The highest BCUT2D eigenvalue weighted by atomic mass is 17.5. The molecular weight excluding hydrogens is 280 g/mol. The Balaban J connectivity index is 3.47. The van der Waals surface area contributed by atoms with Crippen LogP contribution in [0.5, 0.6) is 0 Å². The van der Waals surface area contributed by atoms with Crippen LogP contribution in [0.2, 0.25) is 0 Å². The van der Waals surface area contributed by atoms with Gasteiger partial charge in [-0.15, -0.1) is 0 Å². The first-order chi connectivity index (χ1) is 10.2. The highest BCUT2D eigenvalue weighted by molar-refractivity contribution is 5.68. The molecule has 0 N–H and O–H groups in total. The van der Waals surface area contributed by atoms with Gasteiger partial charge in [-0.1, -0.05) is 59.8 Å². The van der Waals surface area contributed by atoms with Crippen molar-refractivity contribution < 1.29 is 19.6 Å². The summed E-state index contributed by atoms with van der Waals surface area (Å²) in [5.41, 5.74) is -0.00518. The minimum atomic E-state index is -0.428. The maximum absolute atomic E-state index is 11.5. The molecule has 0 aliphatic rings. The fourth-order valence-electron chi connectivity index (χ4n) is 2.29. The maximum atomic E-state index is 11.5. The molecule has 4 heteroatoms. The average Bonchev–Trinajstić information content (AvgIpc) is 2.35. The van der Waals surface area contributed by atoms with Gasteiger partial charge >= 0.3 is 5.97 Å². The fourth-order valence-corrected chi connectivity index (χ4v) is 2.29. The molecule has 132 valence electrons. The first-order valence-electron chi connectivity index (χ1n) is 8.71.